The van der Waals surface area contributed by atoms with Gasteiger partial charge in [0.2, 0.25) is 5.91 Å². The third-order valence-electron chi connectivity index (χ3n) is 3.14. The van der Waals surface area contributed by atoms with Crippen LogP contribution in [0.1, 0.15) is 31.3 Å². The summed E-state index contributed by atoms with van der Waals surface area (Å²) in [6.07, 6.45) is 0. The molecule has 1 aromatic heterocycles. The Labute approximate surface area is 133 Å². The molecule has 0 atom stereocenters. The molecule has 1 heterocycles. The van der Waals surface area contributed by atoms with Gasteiger partial charge in [0.05, 0.1) is 11.9 Å². The van der Waals surface area contributed by atoms with E-state index in [-0.39, 0.29) is 29.2 Å². The van der Waals surface area contributed by atoms with Crippen molar-refractivity contribution in [3.8, 4) is 0 Å². The first-order chi connectivity index (χ1) is 10.7. The first-order valence-electron chi connectivity index (χ1n) is 7.23. The normalized spacial score (nSPS) is 11.3. The number of rotatable bonds is 3. The predicted molar refractivity (Wildman–Crippen MR) is 87.2 cm³/mol. The topological polar surface area (TPSA) is 95.2 Å². The van der Waals surface area contributed by atoms with E-state index in [1.807, 2.05) is 20.8 Å². The van der Waals surface area contributed by atoms with Gasteiger partial charge >= 0.3 is 0 Å². The molecule has 2 amide bonds. The number of carbonyl (C=O) groups is 2. The second-order valence-electron chi connectivity index (χ2n) is 6.41. The zero-order valence-electron chi connectivity index (χ0n) is 13.6. The van der Waals surface area contributed by atoms with Crippen molar-refractivity contribution in [3.05, 3.63) is 40.3 Å². The van der Waals surface area contributed by atoms with Crippen LogP contribution in [0.25, 0.3) is 10.8 Å². The highest BCUT2D eigenvalue weighted by atomic mass is 16.2. The van der Waals surface area contributed by atoms with Crippen molar-refractivity contribution in [1.29, 1.82) is 0 Å². The first kappa shape index (κ1) is 16.7. The van der Waals surface area contributed by atoms with Crippen LogP contribution < -0.4 is 10.9 Å². The number of hydrogen-bond donors (Lipinski definition) is 2. The number of carbonyl (C=O) groups excluding carboxylic acids is 2. The van der Waals surface area contributed by atoms with Crippen LogP contribution in [0.3, 0.4) is 0 Å². The van der Waals surface area contributed by atoms with Crippen LogP contribution >= 0.6 is 0 Å². The summed E-state index contributed by atoms with van der Waals surface area (Å²) >= 11 is 0. The Balaban J connectivity index is 2.26. The number of amides is 2. The fourth-order valence-corrected chi connectivity index (χ4v) is 2.20. The zero-order valence-corrected chi connectivity index (χ0v) is 13.6. The molecular weight excluding hydrogens is 296 g/mol. The molecule has 0 aliphatic rings. The molecule has 2 aromatic rings. The minimum Gasteiger partial charge on any atom is -0.350 e. The summed E-state index contributed by atoms with van der Waals surface area (Å²) in [5.74, 6) is -0.691. The third kappa shape index (κ3) is 3.94. The van der Waals surface area contributed by atoms with Crippen LogP contribution in [-0.4, -0.2) is 46.0 Å². The summed E-state index contributed by atoms with van der Waals surface area (Å²) in [4.78, 5) is 37.5. The van der Waals surface area contributed by atoms with Gasteiger partial charge in [-0.2, -0.15) is 5.10 Å². The fraction of sp³-hybridized carbons (Fsp3) is 0.375. The molecule has 0 radical (unpaired) electrons. The van der Waals surface area contributed by atoms with Gasteiger partial charge in [0.25, 0.3) is 11.5 Å². The van der Waals surface area contributed by atoms with Crippen LogP contribution in [0, 0.1) is 0 Å². The second kappa shape index (κ2) is 6.20. The molecule has 122 valence electrons. The van der Waals surface area contributed by atoms with Crippen molar-refractivity contribution in [3.63, 3.8) is 0 Å². The Morgan fingerprint density at radius 3 is 2.43 bits per heavy atom. The Morgan fingerprint density at radius 1 is 1.22 bits per heavy atom. The molecule has 0 fully saturated rings. The smallest absolute Gasteiger partial charge is 0.275 e. The Kier molecular flexibility index (Phi) is 4.49. The van der Waals surface area contributed by atoms with Crippen LogP contribution in [0.2, 0.25) is 0 Å². The van der Waals surface area contributed by atoms with Gasteiger partial charge in [-0.1, -0.05) is 18.2 Å². The maximum Gasteiger partial charge on any atom is 0.275 e. The Bertz CT molecular complexity index is 805. The van der Waals surface area contributed by atoms with E-state index in [0.29, 0.717) is 10.8 Å². The summed E-state index contributed by atoms with van der Waals surface area (Å²) in [5, 5.41) is 9.81. The lowest BCUT2D eigenvalue weighted by Crippen LogP contribution is -2.46. The van der Waals surface area contributed by atoms with Crippen LogP contribution in [0.4, 0.5) is 0 Å². The fourth-order valence-electron chi connectivity index (χ4n) is 2.20. The van der Waals surface area contributed by atoms with E-state index < -0.39 is 5.91 Å². The van der Waals surface area contributed by atoms with Gasteiger partial charge in [-0.3, -0.25) is 14.4 Å². The molecule has 0 saturated heterocycles. The molecule has 0 unspecified atom stereocenters. The number of nitrogens with zero attached hydrogens (tertiary/aromatic N) is 2. The monoisotopic (exact) mass is 316 g/mol. The lowest BCUT2D eigenvalue weighted by molar-refractivity contribution is -0.122. The van der Waals surface area contributed by atoms with E-state index in [9.17, 15) is 14.4 Å². The molecule has 0 aliphatic heterocycles. The Hall–Kier alpha value is -2.70. The number of H-pyrrole nitrogens is 1. The molecule has 0 bridgehead atoms. The number of fused-ring (bicyclic) bond motifs is 1. The van der Waals surface area contributed by atoms with Gasteiger partial charge in [-0.25, -0.2) is 5.10 Å². The van der Waals surface area contributed by atoms with Crippen molar-refractivity contribution >= 4 is 22.6 Å². The first-order valence-corrected chi connectivity index (χ1v) is 7.23. The van der Waals surface area contributed by atoms with Gasteiger partial charge in [0.15, 0.2) is 5.69 Å². The standard InChI is InChI=1S/C16H20N4O3/c1-16(2,3)17-12(21)9-20(4)15(23)13-10-7-5-6-8-11(10)14(22)19-18-13/h5-8H,9H2,1-4H3,(H,17,21)(H,19,22). The molecule has 2 rings (SSSR count). The minimum atomic E-state index is -0.429. The summed E-state index contributed by atoms with van der Waals surface area (Å²) in [7, 11) is 1.52. The second-order valence-corrected chi connectivity index (χ2v) is 6.41. The van der Waals surface area contributed by atoms with Gasteiger partial charge in [-0.15, -0.1) is 0 Å². The number of aromatic nitrogens is 2. The highest BCUT2D eigenvalue weighted by Crippen LogP contribution is 2.13. The maximum atomic E-state index is 12.5. The highest BCUT2D eigenvalue weighted by molar-refractivity contribution is 6.05. The molecule has 0 aliphatic carbocycles. The van der Waals surface area contributed by atoms with E-state index in [1.165, 1.54) is 11.9 Å². The summed E-state index contributed by atoms with van der Waals surface area (Å²) in [6.45, 7) is 5.50. The van der Waals surface area contributed by atoms with E-state index in [1.54, 1.807) is 24.3 Å². The van der Waals surface area contributed by atoms with Gasteiger partial charge in [0, 0.05) is 18.0 Å². The minimum absolute atomic E-state index is 0.0920. The number of aromatic amines is 1. The predicted octanol–water partition coefficient (Wildman–Crippen LogP) is 0.910. The highest BCUT2D eigenvalue weighted by Gasteiger charge is 2.21. The summed E-state index contributed by atoms with van der Waals surface area (Å²) in [5.41, 5.74) is -0.610. The molecule has 0 spiro atoms. The van der Waals surface area contributed by atoms with E-state index >= 15 is 0 Å². The van der Waals surface area contributed by atoms with Crippen LogP contribution in [0.15, 0.2) is 29.1 Å². The molecule has 7 nitrogen and oxygen atoms in total. The third-order valence-corrected chi connectivity index (χ3v) is 3.14. The van der Waals surface area contributed by atoms with Gasteiger partial charge in [0.1, 0.15) is 0 Å². The Morgan fingerprint density at radius 2 is 1.83 bits per heavy atom. The maximum absolute atomic E-state index is 12.5. The van der Waals surface area contributed by atoms with Crippen molar-refractivity contribution < 1.29 is 9.59 Å². The zero-order chi connectivity index (χ0) is 17.2. The number of likely N-dealkylation sites (N-methyl/N-ethyl adjacent to an activating group) is 1. The van der Waals surface area contributed by atoms with Gasteiger partial charge < -0.3 is 10.2 Å². The molecule has 1 aromatic carbocycles. The number of nitrogens with one attached hydrogen (secondary N) is 2. The molecule has 7 heteroatoms. The SMILES string of the molecule is CN(CC(=O)NC(C)(C)C)C(=O)c1n[nH]c(=O)c2ccccc12. The van der Waals surface area contributed by atoms with E-state index in [0.717, 1.165) is 0 Å². The summed E-state index contributed by atoms with van der Waals surface area (Å²) in [6, 6.07) is 6.73. The molecular formula is C16H20N4O3. The van der Waals surface area contributed by atoms with Crippen LogP contribution in [-0.2, 0) is 4.79 Å². The van der Waals surface area contributed by atoms with Crippen molar-refractivity contribution in [2.24, 2.45) is 0 Å². The lowest BCUT2D eigenvalue weighted by atomic mass is 10.1. The lowest BCUT2D eigenvalue weighted by Gasteiger charge is -2.23. The summed E-state index contributed by atoms with van der Waals surface area (Å²) < 4.78 is 0. The van der Waals surface area contributed by atoms with Crippen molar-refractivity contribution in [1.82, 2.24) is 20.4 Å². The number of hydrogen-bond acceptors (Lipinski definition) is 4. The molecule has 0 saturated carbocycles. The largest absolute Gasteiger partial charge is 0.350 e. The van der Waals surface area contributed by atoms with Crippen LogP contribution in [0.5, 0.6) is 0 Å². The van der Waals surface area contributed by atoms with Gasteiger partial charge in [-0.05, 0) is 26.8 Å². The average molecular weight is 316 g/mol. The van der Waals surface area contributed by atoms with Crippen molar-refractivity contribution in [2.45, 2.75) is 26.3 Å². The quantitative estimate of drug-likeness (QED) is 0.880. The molecule has 23 heavy (non-hydrogen) atoms. The number of benzene rings is 1. The van der Waals surface area contributed by atoms with Crippen molar-refractivity contribution in [2.75, 3.05) is 13.6 Å². The molecule has 2 N–H and O–H groups in total. The average Bonchev–Trinajstić information content (AvgIpc) is 2.45. The van der Waals surface area contributed by atoms with E-state index in [2.05, 4.69) is 15.5 Å². The van der Waals surface area contributed by atoms with E-state index in [4.69, 9.17) is 0 Å².